The Morgan fingerprint density at radius 2 is 1.33 bits per heavy atom. The van der Waals surface area contributed by atoms with Gasteiger partial charge in [0.05, 0.1) is 12.6 Å². The largest absolute Gasteiger partial charge is 0.457 e. The van der Waals surface area contributed by atoms with Crippen molar-refractivity contribution in [2.24, 2.45) is 5.92 Å². The molecule has 0 unspecified atom stereocenters. The molecular formula is C36H25N5O2. The number of allylic oxidation sites excluding steroid dienone is 6. The Balaban J connectivity index is 1.51. The minimum Gasteiger partial charge on any atom is -0.457 e. The summed E-state index contributed by atoms with van der Waals surface area (Å²) in [6, 6.07) is 25.7. The van der Waals surface area contributed by atoms with Gasteiger partial charge in [0.1, 0.15) is 40.8 Å². The van der Waals surface area contributed by atoms with Gasteiger partial charge in [-0.3, -0.25) is 0 Å². The van der Waals surface area contributed by atoms with E-state index in [9.17, 15) is 0 Å². The van der Waals surface area contributed by atoms with Crippen LogP contribution in [0.1, 0.15) is 25.4 Å². The quantitative estimate of drug-likeness (QED) is 0.107. The Labute approximate surface area is 249 Å². The Morgan fingerprint density at radius 3 is 1.79 bits per heavy atom. The van der Waals surface area contributed by atoms with Gasteiger partial charge >= 0.3 is 0 Å². The van der Waals surface area contributed by atoms with Crippen LogP contribution < -0.4 is 0 Å². The second kappa shape index (κ2) is 12.5. The summed E-state index contributed by atoms with van der Waals surface area (Å²) in [7, 11) is 0. The maximum Gasteiger partial charge on any atom is 0.261 e. The molecule has 43 heavy (non-hydrogen) atoms. The zero-order valence-corrected chi connectivity index (χ0v) is 23.6. The number of hydrogen-bond donors (Lipinski definition) is 0. The zero-order chi connectivity index (χ0) is 30.3. The molecule has 0 radical (unpaired) electrons. The summed E-state index contributed by atoms with van der Waals surface area (Å²) in [6.45, 7) is 12.2. The molecule has 5 rings (SSSR count). The summed E-state index contributed by atoms with van der Waals surface area (Å²) >= 11 is 0. The molecule has 0 atom stereocenters. The van der Waals surface area contributed by atoms with Crippen LogP contribution in [0.15, 0.2) is 105 Å². The van der Waals surface area contributed by atoms with E-state index in [1.54, 1.807) is 24.3 Å². The molecule has 0 N–H and O–H groups in total. The van der Waals surface area contributed by atoms with Crippen molar-refractivity contribution >= 4 is 34.0 Å². The van der Waals surface area contributed by atoms with Crippen LogP contribution in [0.25, 0.3) is 61.5 Å². The molecule has 0 spiro atoms. The Morgan fingerprint density at radius 1 is 0.791 bits per heavy atom. The van der Waals surface area contributed by atoms with Crippen LogP contribution in [0.4, 0.5) is 0 Å². The van der Waals surface area contributed by atoms with E-state index in [0.29, 0.717) is 17.4 Å². The second-order valence-corrected chi connectivity index (χ2v) is 10.2. The van der Waals surface area contributed by atoms with E-state index in [1.807, 2.05) is 42.5 Å². The predicted octanol–water partition coefficient (Wildman–Crippen LogP) is 9.30. The van der Waals surface area contributed by atoms with Gasteiger partial charge in [0.25, 0.3) is 5.70 Å². The Hall–Kier alpha value is -6.28. The maximum absolute atomic E-state index is 8.91. The first-order valence-corrected chi connectivity index (χ1v) is 13.5. The van der Waals surface area contributed by atoms with E-state index in [0.717, 1.165) is 51.0 Å². The molecule has 0 saturated carbocycles. The smallest absolute Gasteiger partial charge is 0.261 e. The van der Waals surface area contributed by atoms with E-state index >= 15 is 0 Å². The molecule has 5 aromatic rings. The zero-order valence-electron chi connectivity index (χ0n) is 23.6. The van der Waals surface area contributed by atoms with Gasteiger partial charge in [0.15, 0.2) is 0 Å². The summed E-state index contributed by atoms with van der Waals surface area (Å²) in [5.74, 6) is 3.10. The molecule has 0 bridgehead atoms. The van der Waals surface area contributed by atoms with Gasteiger partial charge < -0.3 is 13.4 Å². The van der Waals surface area contributed by atoms with Crippen molar-refractivity contribution in [3.63, 3.8) is 0 Å². The van der Waals surface area contributed by atoms with Gasteiger partial charge in [-0.25, -0.2) is 10.1 Å². The van der Waals surface area contributed by atoms with Crippen molar-refractivity contribution in [3.05, 3.63) is 119 Å². The van der Waals surface area contributed by atoms with Crippen LogP contribution in [0.2, 0.25) is 0 Å². The van der Waals surface area contributed by atoms with E-state index < -0.39 is 0 Å². The fourth-order valence-electron chi connectivity index (χ4n) is 4.83. The number of fused-ring (bicyclic) bond motifs is 3. The lowest BCUT2D eigenvalue weighted by Gasteiger charge is -2.11. The van der Waals surface area contributed by atoms with Gasteiger partial charge in [0.2, 0.25) is 0 Å². The first-order chi connectivity index (χ1) is 20.9. The van der Waals surface area contributed by atoms with Crippen LogP contribution in [-0.4, -0.2) is 4.57 Å². The topological polar surface area (TPSA) is 107 Å². The average molecular weight is 560 g/mol. The maximum atomic E-state index is 8.91. The minimum absolute atomic E-state index is 0.0125. The summed E-state index contributed by atoms with van der Waals surface area (Å²) in [4.78, 5) is 3.15. The highest BCUT2D eigenvalue weighted by atomic mass is 16.3. The number of furan rings is 2. The molecule has 3 aromatic heterocycles. The van der Waals surface area contributed by atoms with Gasteiger partial charge in [-0.2, -0.15) is 10.5 Å². The molecule has 206 valence electrons. The van der Waals surface area contributed by atoms with Crippen molar-refractivity contribution in [2.45, 2.75) is 20.4 Å². The lowest BCUT2D eigenvalue weighted by molar-refractivity contribution is 0.545. The molecule has 0 aliphatic rings. The number of rotatable bonds is 8. The van der Waals surface area contributed by atoms with E-state index in [-0.39, 0.29) is 11.3 Å². The van der Waals surface area contributed by atoms with Crippen molar-refractivity contribution in [1.82, 2.24) is 4.57 Å². The summed E-state index contributed by atoms with van der Waals surface area (Å²) < 4.78 is 14.4. The van der Waals surface area contributed by atoms with Gasteiger partial charge in [-0.1, -0.05) is 50.3 Å². The standard InChI is InChI=1S/C36H25N5O2/c1-24(2)23-41-33-18-26(35-16-12-29(42-35)8-4-6-25(20-37)21-38)10-14-31(33)32-15-11-27(19-34(32)41)36-17-13-30(43-36)9-5-7-28(22-39)40-3/h4-19,24H,23H2,1-2H3/b8-4+,9-5+,28-7+. The highest BCUT2D eigenvalue weighted by molar-refractivity contribution is 6.09. The first kappa shape index (κ1) is 28.3. The average Bonchev–Trinajstić information content (AvgIpc) is 3.76. The first-order valence-electron chi connectivity index (χ1n) is 13.5. The third-order valence-corrected chi connectivity index (χ3v) is 6.75. The fraction of sp³-hybridized carbons (Fsp3) is 0.111. The number of aromatic nitrogens is 1. The summed E-state index contributed by atoms with van der Waals surface area (Å²) in [6.07, 6.45) is 9.62. The molecule has 0 amide bonds. The van der Waals surface area contributed by atoms with Crippen LogP contribution in [0.5, 0.6) is 0 Å². The van der Waals surface area contributed by atoms with E-state index in [1.165, 1.54) is 12.2 Å². The number of hydrogen-bond acceptors (Lipinski definition) is 5. The van der Waals surface area contributed by atoms with Crippen molar-refractivity contribution < 1.29 is 8.83 Å². The molecule has 0 aliphatic heterocycles. The molecule has 7 nitrogen and oxygen atoms in total. The third-order valence-electron chi connectivity index (χ3n) is 6.75. The molecule has 2 aromatic carbocycles. The van der Waals surface area contributed by atoms with Crippen molar-refractivity contribution in [1.29, 1.82) is 15.8 Å². The molecule has 7 heteroatoms. The Bertz CT molecular complexity index is 1950. The molecule has 0 fully saturated rings. The lowest BCUT2D eigenvalue weighted by Crippen LogP contribution is -2.04. The van der Waals surface area contributed by atoms with Gasteiger partial charge in [-0.05, 0) is 66.6 Å². The SMILES string of the molecule is [C-]#[N+]/C(C#N)=C/C=C/c1ccc(-c2ccc3c4ccc(-c5ccc(/C=C/C=C(C#N)C#N)o5)cc4n(CC(C)C)c3c2)o1. The van der Waals surface area contributed by atoms with E-state index in [2.05, 4.69) is 59.7 Å². The summed E-state index contributed by atoms with van der Waals surface area (Å²) in [5, 5.41) is 29.0. The predicted molar refractivity (Wildman–Crippen MR) is 167 cm³/mol. The Kier molecular flexibility index (Phi) is 8.21. The number of nitriles is 3. The molecule has 3 heterocycles. The molecule has 0 saturated heterocycles. The van der Waals surface area contributed by atoms with Crippen LogP contribution >= 0.6 is 0 Å². The van der Waals surface area contributed by atoms with Crippen LogP contribution in [0.3, 0.4) is 0 Å². The normalized spacial score (nSPS) is 11.7. The fourth-order valence-corrected chi connectivity index (χ4v) is 4.83. The molecule has 0 aliphatic carbocycles. The van der Waals surface area contributed by atoms with Crippen LogP contribution in [0, 0.1) is 46.5 Å². The number of benzene rings is 2. The molecular weight excluding hydrogens is 534 g/mol. The van der Waals surface area contributed by atoms with Gasteiger partial charge in [-0.15, -0.1) is 0 Å². The van der Waals surface area contributed by atoms with E-state index in [4.69, 9.17) is 31.2 Å². The highest BCUT2D eigenvalue weighted by Gasteiger charge is 2.16. The summed E-state index contributed by atoms with van der Waals surface area (Å²) in [5.41, 5.74) is 4.14. The lowest BCUT2D eigenvalue weighted by atomic mass is 10.1. The second-order valence-electron chi connectivity index (χ2n) is 10.2. The van der Waals surface area contributed by atoms with Crippen molar-refractivity contribution in [2.75, 3.05) is 0 Å². The van der Waals surface area contributed by atoms with Gasteiger partial charge in [0, 0.05) is 39.5 Å². The monoisotopic (exact) mass is 559 g/mol. The van der Waals surface area contributed by atoms with Crippen LogP contribution in [-0.2, 0) is 6.54 Å². The third kappa shape index (κ3) is 6.08. The van der Waals surface area contributed by atoms with Crippen molar-refractivity contribution in [3.8, 4) is 40.9 Å². The highest BCUT2D eigenvalue weighted by Crippen LogP contribution is 2.36. The number of nitrogens with zero attached hydrogens (tertiary/aromatic N) is 5. The minimum atomic E-state index is 0.0125.